The second kappa shape index (κ2) is 4.01. The number of ether oxygens (including phenoxy) is 1. The minimum absolute atomic E-state index is 0.0938. The average molecular weight is 218 g/mol. The van der Waals surface area contributed by atoms with Crippen LogP contribution in [0.15, 0.2) is 12.3 Å². The quantitative estimate of drug-likeness (QED) is 0.710. The molecule has 7 heteroatoms. The molecular weight excluding hydrogens is 210 g/mol. The number of urea groups is 1. The van der Waals surface area contributed by atoms with E-state index in [9.17, 15) is 9.59 Å². The summed E-state index contributed by atoms with van der Waals surface area (Å²) in [5.74, 6) is -0.620. The second-order valence-electron chi connectivity index (χ2n) is 2.38. The van der Waals surface area contributed by atoms with Crippen LogP contribution in [-0.2, 0) is 4.74 Å². The monoisotopic (exact) mass is 217 g/mol. The van der Waals surface area contributed by atoms with E-state index in [1.807, 2.05) is 0 Å². The highest BCUT2D eigenvalue weighted by Crippen LogP contribution is 2.13. The number of methoxy groups -OCH3 is 1. The molecule has 6 nitrogen and oxygen atoms in total. The second-order valence-corrected chi connectivity index (χ2v) is 2.82. The lowest BCUT2D eigenvalue weighted by Crippen LogP contribution is -2.30. The molecule has 1 heterocycles. The number of nitrogens with zero attached hydrogens (tertiary/aromatic N) is 1. The molecule has 0 atom stereocenters. The Morgan fingerprint density at radius 3 is 2.79 bits per heavy atom. The Balaban J connectivity index is 3.02. The summed E-state index contributed by atoms with van der Waals surface area (Å²) in [6.45, 7) is 0. The normalized spacial score (nSPS) is 9.57. The molecule has 0 bridgehead atoms. The third-order valence-electron chi connectivity index (χ3n) is 1.41. The molecule has 2 amide bonds. The molecule has 0 aliphatic carbocycles. The summed E-state index contributed by atoms with van der Waals surface area (Å²) in [5.41, 5.74) is 7.15. The lowest BCUT2D eigenvalue weighted by Gasteiger charge is -2.06. The van der Waals surface area contributed by atoms with Crippen molar-refractivity contribution in [3.8, 4) is 0 Å². The van der Waals surface area contributed by atoms with E-state index in [0.29, 0.717) is 5.02 Å². The van der Waals surface area contributed by atoms with Gasteiger partial charge in [-0.25, -0.2) is 15.0 Å². The maximum Gasteiger partial charge on any atom is 0.356 e. The minimum atomic E-state index is -0.803. The molecule has 1 rings (SSSR count). The van der Waals surface area contributed by atoms with Gasteiger partial charge in [-0.15, -0.1) is 0 Å². The molecule has 76 valence electrons. The van der Waals surface area contributed by atoms with E-state index in [2.05, 4.69) is 10.2 Å². The number of esters is 1. The molecule has 14 heavy (non-hydrogen) atoms. The van der Waals surface area contributed by atoms with Crippen LogP contribution in [0.2, 0.25) is 5.02 Å². The van der Waals surface area contributed by atoms with Gasteiger partial charge < -0.3 is 10.5 Å². The number of halogens is 1. The largest absolute Gasteiger partial charge is 0.464 e. The molecule has 0 radical (unpaired) electrons. The van der Waals surface area contributed by atoms with Gasteiger partial charge in [-0.05, 0) is 6.07 Å². The zero-order chi connectivity index (χ0) is 10.7. The summed E-state index contributed by atoms with van der Waals surface area (Å²) in [7, 11) is 1.22. The smallest absolute Gasteiger partial charge is 0.356 e. The van der Waals surface area contributed by atoms with Crippen molar-refractivity contribution >= 4 is 23.6 Å². The molecule has 0 fully saturated rings. The number of amides is 2. The maximum absolute atomic E-state index is 11.1. The van der Waals surface area contributed by atoms with Crippen LogP contribution < -0.4 is 11.2 Å². The van der Waals surface area contributed by atoms with Gasteiger partial charge >= 0.3 is 12.0 Å². The van der Waals surface area contributed by atoms with Gasteiger partial charge in [0, 0.05) is 6.20 Å². The van der Waals surface area contributed by atoms with Crippen molar-refractivity contribution in [2.45, 2.75) is 0 Å². The van der Waals surface area contributed by atoms with Crippen molar-refractivity contribution in [1.82, 2.24) is 4.68 Å². The number of hydrogen-bond donors (Lipinski definition) is 2. The predicted molar refractivity (Wildman–Crippen MR) is 49.7 cm³/mol. The van der Waals surface area contributed by atoms with E-state index in [4.69, 9.17) is 17.3 Å². The number of rotatable bonds is 2. The molecule has 0 spiro atoms. The van der Waals surface area contributed by atoms with Crippen LogP contribution in [0.25, 0.3) is 0 Å². The van der Waals surface area contributed by atoms with Crippen LogP contribution >= 0.6 is 11.6 Å². The van der Waals surface area contributed by atoms with Gasteiger partial charge in [-0.2, -0.15) is 0 Å². The van der Waals surface area contributed by atoms with Crippen molar-refractivity contribution in [1.29, 1.82) is 0 Å². The number of nitrogens with one attached hydrogen (secondary N) is 1. The fourth-order valence-corrected chi connectivity index (χ4v) is 1.10. The van der Waals surface area contributed by atoms with Gasteiger partial charge in [-0.1, -0.05) is 11.6 Å². The highest BCUT2D eigenvalue weighted by molar-refractivity contribution is 6.31. The van der Waals surface area contributed by atoms with Crippen molar-refractivity contribution < 1.29 is 14.3 Å². The summed E-state index contributed by atoms with van der Waals surface area (Å²) in [5, 5.41) is 0.291. The summed E-state index contributed by atoms with van der Waals surface area (Å²) >= 11 is 5.63. The van der Waals surface area contributed by atoms with Gasteiger partial charge in [0.15, 0.2) is 0 Å². The first-order valence-electron chi connectivity index (χ1n) is 3.57. The fourth-order valence-electron chi connectivity index (χ4n) is 0.903. The van der Waals surface area contributed by atoms with Crippen LogP contribution in [0.1, 0.15) is 10.5 Å². The van der Waals surface area contributed by atoms with Gasteiger partial charge in [0.1, 0.15) is 5.69 Å². The van der Waals surface area contributed by atoms with E-state index in [1.54, 1.807) is 0 Å². The molecule has 0 saturated carbocycles. The summed E-state index contributed by atoms with van der Waals surface area (Å²) in [6, 6.07) is 0.547. The third-order valence-corrected chi connectivity index (χ3v) is 1.62. The Bertz CT molecular complexity index is 374. The Kier molecular flexibility index (Phi) is 2.98. The van der Waals surface area contributed by atoms with Crippen LogP contribution in [-0.4, -0.2) is 23.8 Å². The molecule has 1 aromatic heterocycles. The zero-order valence-corrected chi connectivity index (χ0v) is 8.04. The van der Waals surface area contributed by atoms with Crippen LogP contribution in [0.4, 0.5) is 4.79 Å². The number of hydrogen-bond acceptors (Lipinski definition) is 3. The van der Waals surface area contributed by atoms with Crippen molar-refractivity contribution in [2.24, 2.45) is 5.73 Å². The Hall–Kier alpha value is -1.69. The molecular formula is C7H8ClN3O3. The summed E-state index contributed by atoms with van der Waals surface area (Å²) < 4.78 is 5.56. The van der Waals surface area contributed by atoms with E-state index in [1.165, 1.54) is 19.4 Å². The first-order chi connectivity index (χ1) is 6.54. The first kappa shape index (κ1) is 10.4. The van der Waals surface area contributed by atoms with Crippen molar-refractivity contribution in [2.75, 3.05) is 12.5 Å². The van der Waals surface area contributed by atoms with Gasteiger partial charge in [0.25, 0.3) is 0 Å². The highest BCUT2D eigenvalue weighted by atomic mass is 35.5. The van der Waals surface area contributed by atoms with Crippen LogP contribution in [0.5, 0.6) is 0 Å². The summed E-state index contributed by atoms with van der Waals surface area (Å²) in [4.78, 5) is 21.7. The number of carbonyl (C=O) groups is 2. The molecule has 1 aromatic rings. The van der Waals surface area contributed by atoms with Crippen molar-refractivity contribution in [3.63, 3.8) is 0 Å². The van der Waals surface area contributed by atoms with E-state index in [-0.39, 0.29) is 5.69 Å². The molecule has 0 saturated heterocycles. The van der Waals surface area contributed by atoms with E-state index >= 15 is 0 Å². The van der Waals surface area contributed by atoms with E-state index < -0.39 is 12.0 Å². The number of carbonyl (C=O) groups excluding carboxylic acids is 2. The third kappa shape index (κ3) is 2.17. The average Bonchev–Trinajstić information content (AvgIpc) is 2.44. The zero-order valence-electron chi connectivity index (χ0n) is 7.28. The van der Waals surface area contributed by atoms with Gasteiger partial charge in [-0.3, -0.25) is 4.68 Å². The molecule has 0 aliphatic rings. The SMILES string of the molecule is COC(=O)c1cc(Cl)cn1NC(N)=O. The summed E-state index contributed by atoms with van der Waals surface area (Å²) in [6.07, 6.45) is 1.33. The lowest BCUT2D eigenvalue weighted by atomic mass is 10.4. The highest BCUT2D eigenvalue weighted by Gasteiger charge is 2.14. The number of aromatic nitrogens is 1. The molecule has 0 aliphatic heterocycles. The Morgan fingerprint density at radius 2 is 2.29 bits per heavy atom. The molecule has 0 aromatic carbocycles. The first-order valence-corrected chi connectivity index (χ1v) is 3.95. The topological polar surface area (TPSA) is 86.3 Å². The predicted octanol–water partition coefficient (Wildman–Crippen LogP) is 0.550. The molecule has 3 N–H and O–H groups in total. The van der Waals surface area contributed by atoms with Gasteiger partial charge in [0.2, 0.25) is 0 Å². The van der Waals surface area contributed by atoms with Crippen molar-refractivity contribution in [3.05, 3.63) is 23.0 Å². The Morgan fingerprint density at radius 1 is 1.64 bits per heavy atom. The Labute approximate surface area is 84.5 Å². The fraction of sp³-hybridized carbons (Fsp3) is 0.143. The maximum atomic E-state index is 11.1. The van der Waals surface area contributed by atoms with E-state index in [0.717, 1.165) is 4.68 Å². The van der Waals surface area contributed by atoms with Gasteiger partial charge in [0.05, 0.1) is 12.1 Å². The number of primary amides is 1. The lowest BCUT2D eigenvalue weighted by molar-refractivity contribution is 0.0590. The number of nitrogens with two attached hydrogens (primary N) is 1. The minimum Gasteiger partial charge on any atom is -0.464 e. The standard InChI is InChI=1S/C7H8ClN3O3/c1-14-6(12)5-2-4(8)3-11(5)10-7(9)13/h2-3H,1H3,(H3,9,10,13). The molecule has 0 unspecified atom stereocenters. The van der Waals surface area contributed by atoms with Crippen LogP contribution in [0.3, 0.4) is 0 Å². The van der Waals surface area contributed by atoms with Crippen LogP contribution in [0, 0.1) is 0 Å².